The zero-order valence-electron chi connectivity index (χ0n) is 14.9. The fourth-order valence-electron chi connectivity index (χ4n) is 3.18. The van der Waals surface area contributed by atoms with Crippen LogP contribution in [0.5, 0.6) is 0 Å². The van der Waals surface area contributed by atoms with Crippen molar-refractivity contribution in [3.8, 4) is 0 Å². The highest BCUT2D eigenvalue weighted by Gasteiger charge is 2.22. The molecule has 6 nitrogen and oxygen atoms in total. The number of nitrogens with one attached hydrogen (secondary N) is 1. The molecular formula is C21H22N2O4. The maximum Gasteiger partial charge on any atom is 0.308 e. The first-order valence-corrected chi connectivity index (χ1v) is 9.00. The minimum absolute atomic E-state index is 0.0510. The van der Waals surface area contributed by atoms with E-state index in [0.29, 0.717) is 24.9 Å². The van der Waals surface area contributed by atoms with Crippen LogP contribution in [0.15, 0.2) is 54.6 Å². The van der Waals surface area contributed by atoms with Crippen molar-refractivity contribution in [3.05, 3.63) is 65.7 Å². The molecule has 2 aromatic carbocycles. The average molecular weight is 366 g/mol. The van der Waals surface area contributed by atoms with Gasteiger partial charge in [0.2, 0.25) is 5.91 Å². The van der Waals surface area contributed by atoms with E-state index in [1.807, 2.05) is 30.3 Å². The van der Waals surface area contributed by atoms with Crippen molar-refractivity contribution < 1.29 is 19.5 Å². The van der Waals surface area contributed by atoms with Gasteiger partial charge in [0, 0.05) is 30.8 Å². The molecule has 2 amide bonds. The fourth-order valence-corrected chi connectivity index (χ4v) is 3.18. The SMILES string of the molecule is O=C(NCC(Cc1ccccc1)C(=O)O)c1ccc(N2CCCC2=O)cc1. The number of aliphatic carboxylic acids is 1. The third-order valence-corrected chi connectivity index (χ3v) is 4.70. The molecule has 3 rings (SSSR count). The van der Waals surface area contributed by atoms with Crippen LogP contribution in [0.1, 0.15) is 28.8 Å². The molecule has 1 aliphatic heterocycles. The summed E-state index contributed by atoms with van der Waals surface area (Å²) in [5.74, 6) is -1.87. The monoisotopic (exact) mass is 366 g/mol. The van der Waals surface area contributed by atoms with Gasteiger partial charge in [-0.2, -0.15) is 0 Å². The van der Waals surface area contributed by atoms with Crippen molar-refractivity contribution in [1.82, 2.24) is 5.32 Å². The number of carbonyl (C=O) groups is 3. The Bertz CT molecular complexity index is 818. The zero-order valence-corrected chi connectivity index (χ0v) is 14.9. The van der Waals surface area contributed by atoms with Gasteiger partial charge >= 0.3 is 5.97 Å². The maximum atomic E-state index is 12.3. The van der Waals surface area contributed by atoms with Gasteiger partial charge in [0.1, 0.15) is 0 Å². The first-order valence-electron chi connectivity index (χ1n) is 9.00. The van der Waals surface area contributed by atoms with Gasteiger partial charge in [0.25, 0.3) is 5.91 Å². The van der Waals surface area contributed by atoms with Gasteiger partial charge in [0.05, 0.1) is 5.92 Å². The summed E-state index contributed by atoms with van der Waals surface area (Å²) in [6.45, 7) is 0.750. The van der Waals surface area contributed by atoms with Gasteiger partial charge in [-0.1, -0.05) is 30.3 Å². The summed E-state index contributed by atoms with van der Waals surface area (Å²) in [5, 5.41) is 12.1. The maximum absolute atomic E-state index is 12.3. The lowest BCUT2D eigenvalue weighted by Crippen LogP contribution is -2.34. The summed E-state index contributed by atoms with van der Waals surface area (Å²) in [5.41, 5.74) is 2.13. The van der Waals surface area contributed by atoms with E-state index in [0.717, 1.165) is 17.7 Å². The van der Waals surface area contributed by atoms with Crippen LogP contribution in [0, 0.1) is 5.92 Å². The van der Waals surface area contributed by atoms with Gasteiger partial charge in [0.15, 0.2) is 0 Å². The summed E-state index contributed by atoms with van der Waals surface area (Å²) in [6.07, 6.45) is 1.76. The molecule has 0 saturated carbocycles. The van der Waals surface area contributed by atoms with Crippen LogP contribution in [0.4, 0.5) is 5.69 Å². The Morgan fingerprint density at radius 1 is 1.07 bits per heavy atom. The van der Waals surface area contributed by atoms with Crippen LogP contribution < -0.4 is 10.2 Å². The molecule has 0 aromatic heterocycles. The van der Waals surface area contributed by atoms with Crippen molar-refractivity contribution in [3.63, 3.8) is 0 Å². The predicted molar refractivity (Wildman–Crippen MR) is 102 cm³/mol. The minimum Gasteiger partial charge on any atom is -0.481 e. The lowest BCUT2D eigenvalue weighted by molar-refractivity contribution is -0.141. The highest BCUT2D eigenvalue weighted by atomic mass is 16.4. The van der Waals surface area contributed by atoms with E-state index in [2.05, 4.69) is 5.32 Å². The number of hydrogen-bond acceptors (Lipinski definition) is 3. The molecule has 0 bridgehead atoms. The molecule has 140 valence electrons. The summed E-state index contributed by atoms with van der Waals surface area (Å²) >= 11 is 0. The standard InChI is InChI=1S/C21H22N2O4/c24-19-7-4-12-23(19)18-10-8-16(9-11-18)20(25)22-14-17(21(26)27)13-15-5-2-1-3-6-15/h1-3,5-6,8-11,17H,4,7,12-14H2,(H,22,25)(H,26,27). The molecule has 1 atom stereocenters. The molecule has 1 aliphatic rings. The Morgan fingerprint density at radius 3 is 2.37 bits per heavy atom. The Kier molecular flexibility index (Phi) is 5.86. The molecular weight excluding hydrogens is 344 g/mol. The molecule has 1 saturated heterocycles. The summed E-state index contributed by atoms with van der Waals surface area (Å²) in [6, 6.07) is 16.1. The molecule has 2 N–H and O–H groups in total. The van der Waals surface area contributed by atoms with Gasteiger partial charge in [-0.05, 0) is 42.7 Å². The Balaban J connectivity index is 1.58. The number of benzene rings is 2. The number of carbonyl (C=O) groups excluding carboxylic acids is 2. The van der Waals surface area contributed by atoms with Gasteiger partial charge in [-0.15, -0.1) is 0 Å². The van der Waals surface area contributed by atoms with Crippen LogP contribution in [0.25, 0.3) is 0 Å². The van der Waals surface area contributed by atoms with Crippen molar-refractivity contribution in [2.24, 2.45) is 5.92 Å². The Labute approximate surface area is 157 Å². The van der Waals surface area contributed by atoms with Crippen LogP contribution in [0.3, 0.4) is 0 Å². The second-order valence-electron chi connectivity index (χ2n) is 6.63. The Morgan fingerprint density at radius 2 is 1.78 bits per heavy atom. The van der Waals surface area contributed by atoms with Crippen LogP contribution >= 0.6 is 0 Å². The molecule has 2 aromatic rings. The van der Waals surface area contributed by atoms with Crippen molar-refractivity contribution >= 4 is 23.5 Å². The number of hydrogen-bond donors (Lipinski definition) is 2. The molecule has 1 heterocycles. The minimum atomic E-state index is -0.943. The normalized spacial score (nSPS) is 14.8. The smallest absolute Gasteiger partial charge is 0.308 e. The molecule has 6 heteroatoms. The first-order chi connectivity index (χ1) is 13.0. The summed E-state index contributed by atoms with van der Waals surface area (Å²) in [4.78, 5) is 37.3. The van der Waals surface area contributed by atoms with Crippen molar-refractivity contribution in [2.45, 2.75) is 19.3 Å². The average Bonchev–Trinajstić information content (AvgIpc) is 3.11. The molecule has 1 fully saturated rings. The van der Waals surface area contributed by atoms with Crippen LogP contribution in [-0.2, 0) is 16.0 Å². The number of carboxylic acids is 1. The van der Waals surface area contributed by atoms with E-state index in [-0.39, 0.29) is 18.4 Å². The fraction of sp³-hybridized carbons (Fsp3) is 0.286. The highest BCUT2D eigenvalue weighted by molar-refractivity contribution is 5.97. The lowest BCUT2D eigenvalue weighted by Gasteiger charge is -2.16. The predicted octanol–water partition coefficient (Wildman–Crippen LogP) is 2.49. The van der Waals surface area contributed by atoms with Crippen molar-refractivity contribution in [1.29, 1.82) is 0 Å². The van der Waals surface area contributed by atoms with Gasteiger partial charge < -0.3 is 15.3 Å². The van der Waals surface area contributed by atoms with E-state index < -0.39 is 11.9 Å². The second kappa shape index (κ2) is 8.49. The Hall–Kier alpha value is -3.15. The number of nitrogens with zero attached hydrogens (tertiary/aromatic N) is 1. The van der Waals surface area contributed by atoms with Crippen LogP contribution in [0.2, 0.25) is 0 Å². The topological polar surface area (TPSA) is 86.7 Å². The second-order valence-corrected chi connectivity index (χ2v) is 6.63. The highest BCUT2D eigenvalue weighted by Crippen LogP contribution is 2.21. The number of anilines is 1. The van der Waals surface area contributed by atoms with Gasteiger partial charge in [-0.3, -0.25) is 14.4 Å². The lowest BCUT2D eigenvalue weighted by atomic mass is 9.99. The van der Waals surface area contributed by atoms with E-state index in [1.54, 1.807) is 29.2 Å². The molecule has 0 spiro atoms. The molecule has 27 heavy (non-hydrogen) atoms. The first kappa shape index (κ1) is 18.6. The largest absolute Gasteiger partial charge is 0.481 e. The number of amides is 2. The molecule has 1 unspecified atom stereocenters. The van der Waals surface area contributed by atoms with E-state index >= 15 is 0 Å². The third-order valence-electron chi connectivity index (χ3n) is 4.70. The quantitative estimate of drug-likeness (QED) is 0.788. The summed E-state index contributed by atoms with van der Waals surface area (Å²) in [7, 11) is 0. The zero-order chi connectivity index (χ0) is 19.2. The molecule has 0 aliphatic carbocycles. The van der Waals surface area contributed by atoms with E-state index in [4.69, 9.17) is 0 Å². The van der Waals surface area contributed by atoms with Crippen LogP contribution in [-0.4, -0.2) is 36.0 Å². The summed E-state index contributed by atoms with van der Waals surface area (Å²) < 4.78 is 0. The molecule has 0 radical (unpaired) electrons. The van der Waals surface area contributed by atoms with Gasteiger partial charge in [-0.25, -0.2) is 0 Å². The van der Waals surface area contributed by atoms with E-state index in [1.165, 1.54) is 0 Å². The number of carboxylic acid groups (broad SMARTS) is 1. The van der Waals surface area contributed by atoms with Crippen molar-refractivity contribution in [2.75, 3.05) is 18.0 Å². The third kappa shape index (κ3) is 4.73. The number of rotatable bonds is 7. The van der Waals surface area contributed by atoms with E-state index in [9.17, 15) is 19.5 Å².